The molecule has 0 atom stereocenters. The van der Waals surface area contributed by atoms with E-state index in [1.165, 1.54) is 0 Å². The van der Waals surface area contributed by atoms with E-state index in [-0.39, 0.29) is 5.56 Å². The molecule has 1 heterocycles. The van der Waals surface area contributed by atoms with Crippen LogP contribution in [0.5, 0.6) is 17.2 Å². The van der Waals surface area contributed by atoms with E-state index in [9.17, 15) is 20.1 Å². The minimum Gasteiger partial charge on any atom is -0.504 e. The second-order valence-electron chi connectivity index (χ2n) is 6.15. The number of piperazine rings is 1. The number of aromatic hydroxyl groups is 3. The number of benzene rings is 2. The molecular formula is C18H21N3O4. The van der Waals surface area contributed by atoms with Gasteiger partial charge < -0.3 is 30.4 Å². The molecule has 0 unspecified atom stereocenters. The van der Waals surface area contributed by atoms with Crippen LogP contribution in [0.1, 0.15) is 10.4 Å². The molecule has 0 bridgehead atoms. The SMILES string of the molecule is CN1CCN(c2ccc(NC(=O)c3cc(O)c(O)c(O)c3)cc2)CC1. The minimum absolute atomic E-state index is 0.0518. The number of anilines is 2. The molecule has 7 nitrogen and oxygen atoms in total. The average Bonchev–Trinajstić information content (AvgIpc) is 2.60. The molecule has 3 rings (SSSR count). The molecule has 2 aromatic carbocycles. The molecule has 0 radical (unpaired) electrons. The van der Waals surface area contributed by atoms with E-state index < -0.39 is 23.2 Å². The Morgan fingerprint density at radius 1 is 0.960 bits per heavy atom. The Bertz CT molecular complexity index is 745. The standard InChI is InChI=1S/C18H21N3O4/c1-20-6-8-21(9-7-20)14-4-2-13(3-5-14)19-18(25)12-10-15(22)17(24)16(23)11-12/h2-5,10-11,22-24H,6-9H2,1H3,(H,19,25). The van der Waals surface area contributed by atoms with Gasteiger partial charge in [-0.1, -0.05) is 0 Å². The van der Waals surface area contributed by atoms with Gasteiger partial charge in [0.15, 0.2) is 17.2 Å². The Balaban J connectivity index is 1.68. The number of carbonyl (C=O) groups excluding carboxylic acids is 1. The molecule has 132 valence electrons. The van der Waals surface area contributed by atoms with Gasteiger partial charge in [-0.05, 0) is 43.4 Å². The van der Waals surface area contributed by atoms with Crippen molar-refractivity contribution in [2.45, 2.75) is 0 Å². The van der Waals surface area contributed by atoms with Gasteiger partial charge in [-0.3, -0.25) is 4.79 Å². The number of hydrogen-bond donors (Lipinski definition) is 4. The lowest BCUT2D eigenvalue weighted by atomic mass is 10.1. The second-order valence-corrected chi connectivity index (χ2v) is 6.15. The van der Waals surface area contributed by atoms with Crippen LogP contribution in [0.3, 0.4) is 0 Å². The van der Waals surface area contributed by atoms with Gasteiger partial charge >= 0.3 is 0 Å². The van der Waals surface area contributed by atoms with Crippen LogP contribution in [0.2, 0.25) is 0 Å². The summed E-state index contributed by atoms with van der Waals surface area (Å²) in [6.45, 7) is 3.97. The second kappa shape index (κ2) is 6.90. The van der Waals surface area contributed by atoms with Crippen LogP contribution in [0.25, 0.3) is 0 Å². The molecule has 0 aromatic heterocycles. The molecular weight excluding hydrogens is 322 g/mol. The summed E-state index contributed by atoms with van der Waals surface area (Å²) in [4.78, 5) is 16.8. The fourth-order valence-corrected chi connectivity index (χ4v) is 2.76. The third-order valence-electron chi connectivity index (χ3n) is 4.33. The van der Waals surface area contributed by atoms with E-state index >= 15 is 0 Å². The first-order valence-corrected chi connectivity index (χ1v) is 8.04. The molecule has 1 fully saturated rings. The fourth-order valence-electron chi connectivity index (χ4n) is 2.76. The molecule has 1 amide bonds. The van der Waals surface area contributed by atoms with Gasteiger partial charge in [-0.25, -0.2) is 0 Å². The lowest BCUT2D eigenvalue weighted by Crippen LogP contribution is -2.44. The van der Waals surface area contributed by atoms with Crippen LogP contribution in [0.15, 0.2) is 36.4 Å². The molecule has 4 N–H and O–H groups in total. The van der Waals surface area contributed by atoms with Crippen molar-refractivity contribution < 1.29 is 20.1 Å². The first-order valence-electron chi connectivity index (χ1n) is 8.04. The van der Waals surface area contributed by atoms with Crippen molar-refractivity contribution in [2.24, 2.45) is 0 Å². The van der Waals surface area contributed by atoms with Gasteiger partial charge in [0.05, 0.1) is 0 Å². The summed E-state index contributed by atoms with van der Waals surface area (Å²) >= 11 is 0. The van der Waals surface area contributed by atoms with Crippen molar-refractivity contribution in [3.63, 3.8) is 0 Å². The number of nitrogens with zero attached hydrogens (tertiary/aromatic N) is 2. The van der Waals surface area contributed by atoms with Gasteiger partial charge in [-0.2, -0.15) is 0 Å². The fraction of sp³-hybridized carbons (Fsp3) is 0.278. The number of nitrogens with one attached hydrogen (secondary N) is 1. The van der Waals surface area contributed by atoms with Crippen molar-refractivity contribution in [3.8, 4) is 17.2 Å². The van der Waals surface area contributed by atoms with Gasteiger partial charge in [0.2, 0.25) is 0 Å². The Morgan fingerprint density at radius 2 is 1.52 bits per heavy atom. The van der Waals surface area contributed by atoms with E-state index in [0.717, 1.165) is 44.0 Å². The van der Waals surface area contributed by atoms with E-state index in [1.807, 2.05) is 24.3 Å². The van der Waals surface area contributed by atoms with Crippen LogP contribution < -0.4 is 10.2 Å². The highest BCUT2D eigenvalue weighted by Gasteiger charge is 2.15. The summed E-state index contributed by atoms with van der Waals surface area (Å²) in [5.41, 5.74) is 1.76. The van der Waals surface area contributed by atoms with E-state index in [0.29, 0.717) is 5.69 Å². The number of phenols is 3. The quantitative estimate of drug-likeness (QED) is 0.635. The third kappa shape index (κ3) is 3.77. The van der Waals surface area contributed by atoms with Gasteiger partial charge in [0.25, 0.3) is 5.91 Å². The third-order valence-corrected chi connectivity index (χ3v) is 4.33. The van der Waals surface area contributed by atoms with Gasteiger partial charge in [0, 0.05) is 43.1 Å². The zero-order valence-corrected chi connectivity index (χ0v) is 13.9. The molecule has 1 aliphatic rings. The maximum atomic E-state index is 12.2. The van der Waals surface area contributed by atoms with Crippen molar-refractivity contribution in [1.29, 1.82) is 0 Å². The monoisotopic (exact) mass is 343 g/mol. The number of likely N-dealkylation sites (N-methyl/N-ethyl adjacent to an activating group) is 1. The van der Waals surface area contributed by atoms with Crippen molar-refractivity contribution >= 4 is 17.3 Å². The minimum atomic E-state index is -0.645. The maximum Gasteiger partial charge on any atom is 0.255 e. The van der Waals surface area contributed by atoms with E-state index in [2.05, 4.69) is 22.2 Å². The largest absolute Gasteiger partial charge is 0.504 e. The predicted molar refractivity (Wildman–Crippen MR) is 95.5 cm³/mol. The summed E-state index contributed by atoms with van der Waals surface area (Å²) in [5.74, 6) is -2.22. The smallest absolute Gasteiger partial charge is 0.255 e. The first kappa shape index (κ1) is 16.9. The average molecular weight is 343 g/mol. The summed E-state index contributed by atoms with van der Waals surface area (Å²) in [6, 6.07) is 9.72. The van der Waals surface area contributed by atoms with Crippen LogP contribution in [0.4, 0.5) is 11.4 Å². The summed E-state index contributed by atoms with van der Waals surface area (Å²) in [6.07, 6.45) is 0. The zero-order valence-electron chi connectivity index (χ0n) is 13.9. The Hall–Kier alpha value is -2.93. The zero-order chi connectivity index (χ0) is 18.0. The maximum absolute atomic E-state index is 12.2. The summed E-state index contributed by atoms with van der Waals surface area (Å²) < 4.78 is 0. The predicted octanol–water partition coefficient (Wildman–Crippen LogP) is 1.81. The molecule has 0 aliphatic carbocycles. The summed E-state index contributed by atoms with van der Waals surface area (Å²) in [5, 5.41) is 31.0. The van der Waals surface area contributed by atoms with Crippen LogP contribution >= 0.6 is 0 Å². The normalized spacial score (nSPS) is 15.2. The van der Waals surface area contributed by atoms with E-state index in [4.69, 9.17) is 0 Å². The number of phenolic OH excluding ortho intramolecular Hbond substituents is 3. The number of rotatable bonds is 3. The highest BCUT2D eigenvalue weighted by molar-refractivity contribution is 6.05. The highest BCUT2D eigenvalue weighted by Crippen LogP contribution is 2.35. The van der Waals surface area contributed by atoms with Crippen LogP contribution in [-0.2, 0) is 0 Å². The van der Waals surface area contributed by atoms with Gasteiger partial charge in [0.1, 0.15) is 0 Å². The Morgan fingerprint density at radius 3 is 2.08 bits per heavy atom. The van der Waals surface area contributed by atoms with Crippen molar-refractivity contribution in [3.05, 3.63) is 42.0 Å². The number of amides is 1. The molecule has 1 saturated heterocycles. The Kier molecular flexibility index (Phi) is 4.67. The van der Waals surface area contributed by atoms with Crippen molar-refractivity contribution in [2.75, 3.05) is 43.4 Å². The van der Waals surface area contributed by atoms with Gasteiger partial charge in [-0.15, -0.1) is 0 Å². The molecule has 0 spiro atoms. The topological polar surface area (TPSA) is 96.3 Å². The lowest BCUT2D eigenvalue weighted by molar-refractivity contribution is 0.102. The van der Waals surface area contributed by atoms with E-state index in [1.54, 1.807) is 0 Å². The number of carbonyl (C=O) groups is 1. The summed E-state index contributed by atoms with van der Waals surface area (Å²) in [7, 11) is 2.11. The molecule has 1 aliphatic heterocycles. The molecule has 2 aromatic rings. The van der Waals surface area contributed by atoms with Crippen LogP contribution in [-0.4, -0.2) is 59.4 Å². The molecule has 0 saturated carbocycles. The lowest BCUT2D eigenvalue weighted by Gasteiger charge is -2.34. The number of hydrogen-bond acceptors (Lipinski definition) is 6. The molecule has 7 heteroatoms. The Labute approximate surface area is 145 Å². The first-order chi connectivity index (χ1) is 11.9. The molecule has 25 heavy (non-hydrogen) atoms. The van der Waals surface area contributed by atoms with Crippen LogP contribution in [0, 0.1) is 0 Å². The highest BCUT2D eigenvalue weighted by atomic mass is 16.3. The van der Waals surface area contributed by atoms with Crippen molar-refractivity contribution in [1.82, 2.24) is 4.90 Å².